The van der Waals surface area contributed by atoms with Gasteiger partial charge in [0.2, 0.25) is 5.91 Å². The number of carbonyl (C=O) groups excluding carboxylic acids is 1. The minimum Gasteiger partial charge on any atom is -0.301 e. The lowest BCUT2D eigenvalue weighted by Gasteiger charge is -2.12. The molecule has 0 aliphatic heterocycles. The number of nitriles is 1. The number of thiazole rings is 1. The molecule has 0 saturated heterocycles. The van der Waals surface area contributed by atoms with Gasteiger partial charge in [-0.15, -0.1) is 0 Å². The average molecular weight is 497 g/mol. The number of aromatic nitrogens is 2. The zero-order valence-corrected chi connectivity index (χ0v) is 19.9. The van der Waals surface area contributed by atoms with Crippen LogP contribution in [-0.2, 0) is 4.79 Å². The molecule has 0 spiro atoms. The third-order valence-corrected chi connectivity index (χ3v) is 7.13. The summed E-state index contributed by atoms with van der Waals surface area (Å²) >= 11 is 2.59. The van der Waals surface area contributed by atoms with Crippen molar-refractivity contribution in [1.29, 1.82) is 5.26 Å². The Morgan fingerprint density at radius 2 is 1.71 bits per heavy atom. The molecule has 3 aromatic carbocycles. The van der Waals surface area contributed by atoms with Crippen molar-refractivity contribution in [2.24, 2.45) is 0 Å². The van der Waals surface area contributed by atoms with Crippen molar-refractivity contribution in [2.45, 2.75) is 5.03 Å². The maximum Gasteiger partial charge on any atom is 0.236 e. The van der Waals surface area contributed by atoms with Gasteiger partial charge in [-0.1, -0.05) is 65.6 Å². The molecule has 0 radical (unpaired) electrons. The predicted molar refractivity (Wildman–Crippen MR) is 139 cm³/mol. The van der Waals surface area contributed by atoms with E-state index in [0.29, 0.717) is 32.5 Å². The number of benzene rings is 3. The van der Waals surface area contributed by atoms with Gasteiger partial charge in [-0.25, -0.2) is 14.4 Å². The first-order valence-corrected chi connectivity index (χ1v) is 12.5. The maximum absolute atomic E-state index is 13.5. The standard InChI is InChI=1S/C27H17FN4OS2/c28-19-12-10-18(11-13-19)23-14-20(17-6-2-1-3-7-17)21(15-29)26(30-23)34-16-25(33)32-27-31-22-8-4-5-9-24(22)35-27/h1-14H,16H2,(H,31,32,33). The number of halogens is 1. The molecular weight excluding hydrogens is 479 g/mol. The summed E-state index contributed by atoms with van der Waals surface area (Å²) in [6.07, 6.45) is 0. The molecule has 0 aliphatic carbocycles. The Hall–Kier alpha value is -4.06. The van der Waals surface area contributed by atoms with Crippen LogP contribution in [0.15, 0.2) is 90.0 Å². The van der Waals surface area contributed by atoms with Crippen molar-refractivity contribution < 1.29 is 9.18 Å². The van der Waals surface area contributed by atoms with Gasteiger partial charge in [-0.05, 0) is 48.0 Å². The third kappa shape index (κ3) is 5.06. The minimum atomic E-state index is -0.341. The van der Waals surface area contributed by atoms with Crippen LogP contribution < -0.4 is 5.32 Å². The van der Waals surface area contributed by atoms with Crippen molar-refractivity contribution in [3.8, 4) is 28.5 Å². The van der Waals surface area contributed by atoms with E-state index >= 15 is 0 Å². The summed E-state index contributed by atoms with van der Waals surface area (Å²) < 4.78 is 14.5. The Kier molecular flexibility index (Phi) is 6.53. The van der Waals surface area contributed by atoms with Crippen molar-refractivity contribution in [2.75, 3.05) is 11.1 Å². The summed E-state index contributed by atoms with van der Waals surface area (Å²) in [5.41, 5.74) is 4.09. The van der Waals surface area contributed by atoms with Gasteiger partial charge in [0.25, 0.3) is 0 Å². The molecule has 5 rings (SSSR count). The van der Waals surface area contributed by atoms with Crippen LogP contribution in [0, 0.1) is 17.1 Å². The molecule has 5 nitrogen and oxygen atoms in total. The van der Waals surface area contributed by atoms with Gasteiger partial charge in [0, 0.05) is 11.1 Å². The highest BCUT2D eigenvalue weighted by atomic mass is 32.2. The monoisotopic (exact) mass is 496 g/mol. The number of anilines is 1. The molecule has 5 aromatic rings. The molecule has 0 fully saturated rings. The number of amides is 1. The molecule has 8 heteroatoms. The second-order valence-corrected chi connectivity index (χ2v) is 9.54. The second kappa shape index (κ2) is 10.1. The first-order valence-electron chi connectivity index (χ1n) is 10.7. The lowest BCUT2D eigenvalue weighted by molar-refractivity contribution is -0.113. The van der Waals surface area contributed by atoms with Crippen LogP contribution in [0.3, 0.4) is 0 Å². The minimum absolute atomic E-state index is 0.0543. The molecule has 0 unspecified atom stereocenters. The van der Waals surface area contributed by atoms with Gasteiger partial charge in [0.1, 0.15) is 16.9 Å². The average Bonchev–Trinajstić information content (AvgIpc) is 3.30. The molecule has 0 saturated carbocycles. The highest BCUT2D eigenvalue weighted by Gasteiger charge is 2.17. The molecule has 2 heterocycles. The number of hydrogen-bond donors (Lipinski definition) is 1. The third-order valence-electron chi connectivity index (χ3n) is 5.20. The molecular formula is C27H17FN4OS2. The van der Waals surface area contributed by atoms with Crippen molar-refractivity contribution in [3.63, 3.8) is 0 Å². The van der Waals surface area contributed by atoms with Crippen LogP contribution in [0.25, 0.3) is 32.6 Å². The lowest BCUT2D eigenvalue weighted by Crippen LogP contribution is -2.14. The smallest absolute Gasteiger partial charge is 0.236 e. The molecule has 170 valence electrons. The summed E-state index contributed by atoms with van der Waals surface area (Å²) in [5.74, 6) is -0.529. The highest BCUT2D eigenvalue weighted by molar-refractivity contribution is 8.00. The van der Waals surface area contributed by atoms with Gasteiger partial charge < -0.3 is 5.32 Å². The van der Waals surface area contributed by atoms with Crippen LogP contribution in [0.2, 0.25) is 0 Å². The molecule has 35 heavy (non-hydrogen) atoms. The molecule has 0 atom stereocenters. The zero-order valence-electron chi connectivity index (χ0n) is 18.2. The number of carbonyl (C=O) groups is 1. The zero-order chi connectivity index (χ0) is 24.2. The van der Waals surface area contributed by atoms with E-state index in [4.69, 9.17) is 0 Å². The summed E-state index contributed by atoms with van der Waals surface area (Å²) in [4.78, 5) is 21.8. The molecule has 0 aliphatic rings. The first-order chi connectivity index (χ1) is 17.1. The Morgan fingerprint density at radius 3 is 2.46 bits per heavy atom. The van der Waals surface area contributed by atoms with E-state index in [1.807, 2.05) is 60.7 Å². The van der Waals surface area contributed by atoms with E-state index in [2.05, 4.69) is 21.4 Å². The van der Waals surface area contributed by atoms with Crippen LogP contribution in [0.1, 0.15) is 5.56 Å². The maximum atomic E-state index is 13.5. The van der Waals surface area contributed by atoms with Gasteiger partial charge >= 0.3 is 0 Å². The normalized spacial score (nSPS) is 10.7. The van der Waals surface area contributed by atoms with E-state index in [1.165, 1.54) is 35.2 Å². The Labute approximate surface area is 209 Å². The number of fused-ring (bicyclic) bond motifs is 1. The summed E-state index contributed by atoms with van der Waals surface area (Å²) in [6.45, 7) is 0. The van der Waals surface area contributed by atoms with Gasteiger partial charge in [-0.2, -0.15) is 5.26 Å². The fraction of sp³-hybridized carbons (Fsp3) is 0.0370. The molecule has 0 bridgehead atoms. The topological polar surface area (TPSA) is 78.7 Å². The van der Waals surface area contributed by atoms with Gasteiger partial charge in [0.05, 0.1) is 27.2 Å². The Morgan fingerprint density at radius 1 is 0.971 bits per heavy atom. The molecule has 1 N–H and O–H groups in total. The van der Waals surface area contributed by atoms with Gasteiger partial charge in [0.15, 0.2) is 5.13 Å². The lowest BCUT2D eigenvalue weighted by atomic mass is 9.99. The van der Waals surface area contributed by atoms with Crippen LogP contribution in [0.5, 0.6) is 0 Å². The first kappa shape index (κ1) is 22.7. The number of nitrogens with zero attached hydrogens (tertiary/aromatic N) is 3. The summed E-state index contributed by atoms with van der Waals surface area (Å²) in [7, 11) is 0. The number of nitrogens with one attached hydrogen (secondary N) is 1. The Balaban J connectivity index is 1.45. The summed E-state index contributed by atoms with van der Waals surface area (Å²) in [5, 5.41) is 13.8. The van der Waals surface area contributed by atoms with E-state index in [-0.39, 0.29) is 17.5 Å². The van der Waals surface area contributed by atoms with E-state index < -0.39 is 0 Å². The van der Waals surface area contributed by atoms with E-state index in [1.54, 1.807) is 12.1 Å². The van der Waals surface area contributed by atoms with Crippen LogP contribution in [-0.4, -0.2) is 21.6 Å². The predicted octanol–water partition coefficient (Wildman–Crippen LogP) is 6.77. The number of hydrogen-bond acceptors (Lipinski definition) is 6. The number of thioether (sulfide) groups is 1. The molecule has 1 amide bonds. The number of pyridine rings is 1. The largest absolute Gasteiger partial charge is 0.301 e. The number of para-hydroxylation sites is 1. The number of rotatable bonds is 6. The SMILES string of the molecule is N#Cc1c(-c2ccccc2)cc(-c2ccc(F)cc2)nc1SCC(=O)Nc1nc2ccccc2s1. The van der Waals surface area contributed by atoms with Crippen molar-refractivity contribution in [1.82, 2.24) is 9.97 Å². The van der Waals surface area contributed by atoms with Crippen molar-refractivity contribution >= 4 is 44.4 Å². The van der Waals surface area contributed by atoms with Crippen LogP contribution in [0.4, 0.5) is 9.52 Å². The van der Waals surface area contributed by atoms with E-state index in [9.17, 15) is 14.4 Å². The fourth-order valence-corrected chi connectivity index (χ4v) is 5.25. The highest BCUT2D eigenvalue weighted by Crippen LogP contribution is 2.34. The van der Waals surface area contributed by atoms with E-state index in [0.717, 1.165) is 15.8 Å². The second-order valence-electron chi connectivity index (χ2n) is 7.54. The summed E-state index contributed by atoms with van der Waals surface area (Å²) in [6, 6.07) is 27.3. The van der Waals surface area contributed by atoms with Crippen molar-refractivity contribution in [3.05, 3.63) is 96.3 Å². The fourth-order valence-electron chi connectivity index (χ4n) is 3.56. The van der Waals surface area contributed by atoms with Gasteiger partial charge in [-0.3, -0.25) is 4.79 Å². The Bertz CT molecular complexity index is 1530. The molecule has 2 aromatic heterocycles. The quantitative estimate of drug-likeness (QED) is 0.263. The van der Waals surface area contributed by atoms with Crippen LogP contribution >= 0.6 is 23.1 Å².